The summed E-state index contributed by atoms with van der Waals surface area (Å²) in [4.78, 5) is 5.34. The second-order valence-corrected chi connectivity index (χ2v) is 4.46. The molecule has 0 bridgehead atoms. The van der Waals surface area contributed by atoms with E-state index in [2.05, 4.69) is 51.4 Å². The Labute approximate surface area is 92.6 Å². The zero-order valence-electron chi connectivity index (χ0n) is 10.1. The van der Waals surface area contributed by atoms with Crippen molar-refractivity contribution in [3.63, 3.8) is 0 Å². The van der Waals surface area contributed by atoms with E-state index in [1.54, 1.807) is 0 Å². The summed E-state index contributed by atoms with van der Waals surface area (Å²) in [7, 11) is 0. The molecular formula is C13H21NO. The summed E-state index contributed by atoms with van der Waals surface area (Å²) in [5.41, 5.74) is 6.91. The summed E-state index contributed by atoms with van der Waals surface area (Å²) >= 11 is 0. The molecule has 15 heavy (non-hydrogen) atoms. The molecule has 0 spiro atoms. The Morgan fingerprint density at radius 3 is 2.67 bits per heavy atom. The minimum Gasteiger partial charge on any atom is -0.301 e. The van der Waals surface area contributed by atoms with E-state index < -0.39 is 0 Å². The molecule has 0 aliphatic carbocycles. The van der Waals surface area contributed by atoms with Crippen LogP contribution in [0.25, 0.3) is 0 Å². The van der Waals surface area contributed by atoms with Crippen LogP contribution >= 0.6 is 0 Å². The van der Waals surface area contributed by atoms with Gasteiger partial charge in [0.1, 0.15) is 0 Å². The third-order valence-corrected chi connectivity index (χ3v) is 2.29. The van der Waals surface area contributed by atoms with Crippen LogP contribution < -0.4 is 5.48 Å². The highest BCUT2D eigenvalue weighted by atomic mass is 16.6. The molecule has 0 saturated heterocycles. The number of rotatable bonds is 5. The Hall–Kier alpha value is -0.860. The first kappa shape index (κ1) is 12.2. The van der Waals surface area contributed by atoms with Crippen molar-refractivity contribution in [2.45, 2.75) is 34.2 Å². The molecule has 0 saturated carbocycles. The van der Waals surface area contributed by atoms with Crippen molar-refractivity contribution in [2.24, 2.45) is 5.92 Å². The predicted octanol–water partition coefficient (Wildman–Crippen LogP) is 2.98. The minimum atomic E-state index is 0.566. The molecule has 84 valence electrons. The van der Waals surface area contributed by atoms with Crippen molar-refractivity contribution in [3.05, 3.63) is 34.9 Å². The van der Waals surface area contributed by atoms with E-state index in [1.807, 2.05) is 0 Å². The second-order valence-electron chi connectivity index (χ2n) is 4.46. The van der Waals surface area contributed by atoms with Crippen LogP contribution in [0.15, 0.2) is 18.2 Å². The van der Waals surface area contributed by atoms with Crippen LogP contribution in [0.3, 0.4) is 0 Å². The van der Waals surface area contributed by atoms with Crippen molar-refractivity contribution >= 4 is 0 Å². The van der Waals surface area contributed by atoms with Crippen LogP contribution in [0.4, 0.5) is 0 Å². The molecule has 2 heteroatoms. The van der Waals surface area contributed by atoms with Crippen LogP contribution in [0, 0.1) is 19.8 Å². The van der Waals surface area contributed by atoms with Gasteiger partial charge in [-0.3, -0.25) is 0 Å². The quantitative estimate of drug-likeness (QED) is 0.592. The number of hydroxylamine groups is 1. The van der Waals surface area contributed by atoms with Crippen molar-refractivity contribution < 1.29 is 4.84 Å². The van der Waals surface area contributed by atoms with Gasteiger partial charge in [0.15, 0.2) is 0 Å². The van der Waals surface area contributed by atoms with E-state index in [-0.39, 0.29) is 0 Å². The monoisotopic (exact) mass is 207 g/mol. The summed E-state index contributed by atoms with van der Waals surface area (Å²) in [6, 6.07) is 6.48. The lowest BCUT2D eigenvalue weighted by Gasteiger charge is -2.10. The van der Waals surface area contributed by atoms with E-state index in [0.717, 1.165) is 13.2 Å². The maximum Gasteiger partial charge on any atom is 0.0705 e. The Balaban J connectivity index is 2.40. The van der Waals surface area contributed by atoms with Gasteiger partial charge in [0.05, 0.1) is 6.61 Å². The van der Waals surface area contributed by atoms with Gasteiger partial charge in [-0.15, -0.1) is 0 Å². The van der Waals surface area contributed by atoms with Crippen molar-refractivity contribution in [1.82, 2.24) is 5.48 Å². The summed E-state index contributed by atoms with van der Waals surface area (Å²) in [6.45, 7) is 10.0. The Kier molecular flexibility index (Phi) is 4.79. The lowest BCUT2D eigenvalue weighted by atomic mass is 10.1. The van der Waals surface area contributed by atoms with Crippen LogP contribution in [-0.4, -0.2) is 6.61 Å². The largest absolute Gasteiger partial charge is 0.301 e. The van der Waals surface area contributed by atoms with Gasteiger partial charge in [-0.2, -0.15) is 5.48 Å². The van der Waals surface area contributed by atoms with E-state index in [4.69, 9.17) is 4.84 Å². The zero-order chi connectivity index (χ0) is 11.3. The molecule has 2 nitrogen and oxygen atoms in total. The summed E-state index contributed by atoms with van der Waals surface area (Å²) < 4.78 is 0. The van der Waals surface area contributed by atoms with Gasteiger partial charge in [0.2, 0.25) is 0 Å². The molecule has 0 amide bonds. The topological polar surface area (TPSA) is 21.3 Å². The van der Waals surface area contributed by atoms with Gasteiger partial charge in [0.25, 0.3) is 0 Å². The highest BCUT2D eigenvalue weighted by Crippen LogP contribution is 2.10. The van der Waals surface area contributed by atoms with Gasteiger partial charge in [-0.25, -0.2) is 0 Å². The van der Waals surface area contributed by atoms with Crippen molar-refractivity contribution in [1.29, 1.82) is 0 Å². The van der Waals surface area contributed by atoms with E-state index >= 15 is 0 Å². The number of hydrogen-bond acceptors (Lipinski definition) is 2. The highest BCUT2D eigenvalue weighted by molar-refractivity contribution is 5.30. The molecule has 0 fully saturated rings. The third-order valence-electron chi connectivity index (χ3n) is 2.29. The maximum atomic E-state index is 5.34. The van der Waals surface area contributed by atoms with Crippen LogP contribution in [0.5, 0.6) is 0 Å². The van der Waals surface area contributed by atoms with Crippen LogP contribution in [-0.2, 0) is 11.4 Å². The fraction of sp³-hybridized carbons (Fsp3) is 0.538. The lowest BCUT2D eigenvalue weighted by molar-refractivity contribution is 0.0195. The lowest BCUT2D eigenvalue weighted by Crippen LogP contribution is -2.17. The third kappa shape index (κ3) is 4.45. The fourth-order valence-electron chi connectivity index (χ4n) is 1.35. The molecule has 0 atom stereocenters. The number of benzene rings is 1. The van der Waals surface area contributed by atoms with Gasteiger partial charge in [-0.05, 0) is 30.9 Å². The first-order chi connectivity index (χ1) is 7.09. The number of hydrogen-bond donors (Lipinski definition) is 1. The van der Waals surface area contributed by atoms with Gasteiger partial charge in [0, 0.05) is 6.54 Å². The second kappa shape index (κ2) is 5.89. The summed E-state index contributed by atoms with van der Waals surface area (Å²) in [5.74, 6) is 0.566. The summed E-state index contributed by atoms with van der Waals surface area (Å²) in [6.07, 6.45) is 0. The molecule has 0 aromatic heterocycles. The van der Waals surface area contributed by atoms with Gasteiger partial charge in [-0.1, -0.05) is 37.6 Å². The average molecular weight is 207 g/mol. The minimum absolute atomic E-state index is 0.566. The Bertz CT molecular complexity index is 307. The van der Waals surface area contributed by atoms with E-state index in [1.165, 1.54) is 16.7 Å². The van der Waals surface area contributed by atoms with Crippen LogP contribution in [0.1, 0.15) is 30.5 Å². The Morgan fingerprint density at radius 1 is 1.27 bits per heavy atom. The zero-order valence-corrected chi connectivity index (χ0v) is 10.1. The fourth-order valence-corrected chi connectivity index (χ4v) is 1.35. The number of nitrogens with one attached hydrogen (secondary N) is 1. The summed E-state index contributed by atoms with van der Waals surface area (Å²) in [5, 5.41) is 0. The Morgan fingerprint density at radius 2 is 2.00 bits per heavy atom. The van der Waals surface area contributed by atoms with Gasteiger partial charge < -0.3 is 4.84 Å². The molecule has 1 aromatic carbocycles. The maximum absolute atomic E-state index is 5.34. The first-order valence-corrected chi connectivity index (χ1v) is 5.50. The molecule has 0 aliphatic heterocycles. The standard InChI is InChI=1S/C13H21NO/c1-10(2)9-15-14-8-13-7-11(3)5-6-12(13)4/h5-7,10,14H,8-9H2,1-4H3. The molecule has 1 N–H and O–H groups in total. The molecule has 0 radical (unpaired) electrons. The predicted molar refractivity (Wildman–Crippen MR) is 63.5 cm³/mol. The van der Waals surface area contributed by atoms with Gasteiger partial charge >= 0.3 is 0 Å². The molecule has 0 heterocycles. The first-order valence-electron chi connectivity index (χ1n) is 5.50. The SMILES string of the molecule is Cc1ccc(C)c(CNOCC(C)C)c1. The normalized spacial score (nSPS) is 11.0. The van der Waals surface area contributed by atoms with E-state index in [0.29, 0.717) is 5.92 Å². The van der Waals surface area contributed by atoms with Crippen molar-refractivity contribution in [3.8, 4) is 0 Å². The number of aryl methyl sites for hydroxylation is 2. The highest BCUT2D eigenvalue weighted by Gasteiger charge is 1.99. The van der Waals surface area contributed by atoms with Crippen LogP contribution in [0.2, 0.25) is 0 Å². The molecule has 1 aromatic rings. The smallest absolute Gasteiger partial charge is 0.0705 e. The molecule has 0 aliphatic rings. The average Bonchev–Trinajstić information content (AvgIpc) is 2.17. The molecule has 0 unspecified atom stereocenters. The van der Waals surface area contributed by atoms with E-state index in [9.17, 15) is 0 Å². The van der Waals surface area contributed by atoms with Crippen molar-refractivity contribution in [2.75, 3.05) is 6.61 Å². The molecular weight excluding hydrogens is 186 g/mol. The molecule has 1 rings (SSSR count).